The first kappa shape index (κ1) is 20.4. The topological polar surface area (TPSA) is 115 Å². The molecule has 2 heterocycles. The van der Waals surface area contributed by atoms with Crippen LogP contribution in [0.1, 0.15) is 36.9 Å². The number of halogens is 1. The Balaban J connectivity index is 1.42. The van der Waals surface area contributed by atoms with Gasteiger partial charge in [0.15, 0.2) is 12.4 Å². The number of amides is 1. The fourth-order valence-electron chi connectivity index (χ4n) is 3.55. The van der Waals surface area contributed by atoms with Crippen LogP contribution < -0.4 is 14.4 Å². The van der Waals surface area contributed by atoms with Crippen molar-refractivity contribution in [1.29, 1.82) is 0 Å². The van der Waals surface area contributed by atoms with E-state index < -0.39 is 15.8 Å². The van der Waals surface area contributed by atoms with Gasteiger partial charge in [0.25, 0.3) is 15.9 Å². The van der Waals surface area contributed by atoms with Crippen molar-refractivity contribution in [2.45, 2.75) is 36.6 Å². The molecule has 2 aliphatic rings. The van der Waals surface area contributed by atoms with E-state index in [4.69, 9.17) is 9.26 Å². The molecule has 1 N–H and O–H groups in total. The Kier molecular flexibility index (Phi) is 5.04. The van der Waals surface area contributed by atoms with Gasteiger partial charge in [-0.05, 0) is 55.3 Å². The molecule has 1 aliphatic carbocycles. The van der Waals surface area contributed by atoms with Gasteiger partial charge in [0.1, 0.15) is 11.6 Å². The summed E-state index contributed by atoms with van der Waals surface area (Å²) >= 11 is 0. The molecule has 3 aromatic rings. The summed E-state index contributed by atoms with van der Waals surface area (Å²) in [5.74, 6) is 0.701. The third kappa shape index (κ3) is 3.91. The van der Waals surface area contributed by atoms with E-state index in [1.54, 1.807) is 0 Å². The Bertz CT molecular complexity index is 1270. The number of nitrogens with one attached hydrogen (secondary N) is 1. The van der Waals surface area contributed by atoms with Gasteiger partial charge in [-0.25, -0.2) is 12.8 Å². The first-order valence-electron chi connectivity index (χ1n) is 10.1. The van der Waals surface area contributed by atoms with Crippen molar-refractivity contribution < 1.29 is 26.9 Å². The molecule has 2 aromatic carbocycles. The summed E-state index contributed by atoms with van der Waals surface area (Å²) in [7, 11) is -3.99. The second-order valence-electron chi connectivity index (χ2n) is 7.69. The summed E-state index contributed by atoms with van der Waals surface area (Å²) in [4.78, 5) is 18.3. The van der Waals surface area contributed by atoms with Gasteiger partial charge in [-0.1, -0.05) is 11.6 Å². The average molecular weight is 458 g/mol. The number of nitrogens with zero attached hydrogens (tertiary/aromatic N) is 3. The molecule has 0 atom stereocenters. The summed E-state index contributed by atoms with van der Waals surface area (Å²) in [6.07, 6.45) is 3.13. The molecule has 1 aliphatic heterocycles. The molecular weight excluding hydrogens is 439 g/mol. The zero-order valence-electron chi connectivity index (χ0n) is 16.8. The molecule has 0 radical (unpaired) electrons. The quantitative estimate of drug-likeness (QED) is 0.603. The normalized spacial score (nSPS) is 16.3. The molecule has 1 aromatic heterocycles. The van der Waals surface area contributed by atoms with Crippen LogP contribution in [-0.2, 0) is 21.4 Å². The van der Waals surface area contributed by atoms with E-state index in [2.05, 4.69) is 14.9 Å². The summed E-state index contributed by atoms with van der Waals surface area (Å²) in [5, 5.41) is 3.97. The lowest BCUT2D eigenvalue weighted by atomic mass is 9.85. The fourth-order valence-corrected chi connectivity index (χ4v) is 4.63. The Morgan fingerprint density at radius 2 is 1.94 bits per heavy atom. The first-order chi connectivity index (χ1) is 15.4. The molecule has 1 amide bonds. The van der Waals surface area contributed by atoms with Crippen LogP contribution in [0.5, 0.6) is 5.75 Å². The van der Waals surface area contributed by atoms with Gasteiger partial charge in [-0.3, -0.25) is 14.4 Å². The number of carbonyl (C=O) groups excluding carboxylic acids is 1. The Morgan fingerprint density at radius 3 is 2.66 bits per heavy atom. The molecule has 1 fully saturated rings. The fraction of sp³-hybridized carbons (Fsp3) is 0.286. The van der Waals surface area contributed by atoms with Crippen molar-refractivity contribution in [3.63, 3.8) is 0 Å². The lowest BCUT2D eigenvalue weighted by Gasteiger charge is -2.28. The molecular formula is C21H19FN4O5S. The maximum absolute atomic E-state index is 13.1. The second kappa shape index (κ2) is 7.90. The number of benzene rings is 2. The van der Waals surface area contributed by atoms with E-state index in [0.717, 1.165) is 31.4 Å². The van der Waals surface area contributed by atoms with Crippen LogP contribution in [0.25, 0.3) is 0 Å². The molecule has 0 spiro atoms. The zero-order valence-corrected chi connectivity index (χ0v) is 17.6. The highest BCUT2D eigenvalue weighted by Gasteiger charge is 2.30. The number of hydrogen-bond acceptors (Lipinski definition) is 7. The molecule has 1 saturated carbocycles. The van der Waals surface area contributed by atoms with Crippen LogP contribution in [0, 0.1) is 5.82 Å². The summed E-state index contributed by atoms with van der Waals surface area (Å²) in [5.41, 5.74) is 0.502. The summed E-state index contributed by atoms with van der Waals surface area (Å²) in [6.45, 7) is -0.152. The summed E-state index contributed by atoms with van der Waals surface area (Å²) < 4.78 is 52.0. The monoisotopic (exact) mass is 458 g/mol. The van der Waals surface area contributed by atoms with Crippen LogP contribution >= 0.6 is 0 Å². The van der Waals surface area contributed by atoms with E-state index in [-0.39, 0.29) is 35.6 Å². The van der Waals surface area contributed by atoms with Crippen LogP contribution in [0.4, 0.5) is 15.8 Å². The third-order valence-corrected chi connectivity index (χ3v) is 6.90. The number of aromatic nitrogens is 2. The minimum atomic E-state index is -3.99. The lowest BCUT2D eigenvalue weighted by molar-refractivity contribution is -0.121. The van der Waals surface area contributed by atoms with Gasteiger partial charge in [-0.2, -0.15) is 4.98 Å². The smallest absolute Gasteiger partial charge is 0.265 e. The van der Waals surface area contributed by atoms with Crippen molar-refractivity contribution in [2.75, 3.05) is 16.2 Å². The van der Waals surface area contributed by atoms with E-state index in [1.165, 1.54) is 35.2 Å². The highest BCUT2D eigenvalue weighted by atomic mass is 32.2. The van der Waals surface area contributed by atoms with Gasteiger partial charge < -0.3 is 9.26 Å². The molecule has 9 nitrogen and oxygen atoms in total. The Labute approximate surface area is 183 Å². The maximum atomic E-state index is 13.1. The predicted molar refractivity (Wildman–Crippen MR) is 111 cm³/mol. The van der Waals surface area contributed by atoms with Crippen molar-refractivity contribution in [3.05, 3.63) is 60.0 Å². The van der Waals surface area contributed by atoms with Crippen molar-refractivity contribution in [2.24, 2.45) is 0 Å². The maximum Gasteiger partial charge on any atom is 0.265 e. The number of rotatable bonds is 6. The average Bonchev–Trinajstić information content (AvgIpc) is 3.18. The van der Waals surface area contributed by atoms with Gasteiger partial charge in [-0.15, -0.1) is 0 Å². The molecule has 0 bridgehead atoms. The predicted octanol–water partition coefficient (Wildman–Crippen LogP) is 3.20. The number of carbonyl (C=O) groups is 1. The van der Waals surface area contributed by atoms with Crippen LogP contribution in [0.3, 0.4) is 0 Å². The number of fused-ring (bicyclic) bond motifs is 1. The number of anilines is 2. The standard InChI is InChI=1S/C21H19FN4O5S/c22-14-4-6-15(7-5-14)25-32(28,29)16-8-9-18-17(10-16)26(20(27)12-30-18)11-19-23-21(31-24-19)13-2-1-3-13/h4-10,13,25H,1-3,11-12H2. The van der Waals surface area contributed by atoms with Gasteiger partial charge in [0.05, 0.1) is 17.1 Å². The third-order valence-electron chi connectivity index (χ3n) is 5.52. The zero-order chi connectivity index (χ0) is 22.3. The SMILES string of the molecule is O=C1COc2ccc(S(=O)(=O)Nc3ccc(F)cc3)cc2N1Cc1noc(C2CCC2)n1. The minimum Gasteiger partial charge on any atom is -0.482 e. The van der Waals surface area contributed by atoms with E-state index in [1.807, 2.05) is 0 Å². The molecule has 5 rings (SSSR count). The molecule has 11 heteroatoms. The Morgan fingerprint density at radius 1 is 1.16 bits per heavy atom. The van der Waals surface area contributed by atoms with E-state index in [0.29, 0.717) is 23.2 Å². The van der Waals surface area contributed by atoms with E-state index >= 15 is 0 Å². The highest BCUT2D eigenvalue weighted by molar-refractivity contribution is 7.92. The molecule has 0 saturated heterocycles. The van der Waals surface area contributed by atoms with Crippen molar-refractivity contribution >= 4 is 27.3 Å². The summed E-state index contributed by atoms with van der Waals surface area (Å²) in [6, 6.07) is 9.17. The van der Waals surface area contributed by atoms with Crippen LogP contribution in [0.2, 0.25) is 0 Å². The minimum absolute atomic E-state index is 0.0281. The second-order valence-corrected chi connectivity index (χ2v) is 9.37. The number of ether oxygens (including phenoxy) is 1. The molecule has 32 heavy (non-hydrogen) atoms. The number of sulfonamides is 1. The van der Waals surface area contributed by atoms with Crippen molar-refractivity contribution in [3.8, 4) is 5.75 Å². The largest absolute Gasteiger partial charge is 0.482 e. The van der Waals surface area contributed by atoms with Gasteiger partial charge >= 0.3 is 0 Å². The van der Waals surface area contributed by atoms with Crippen LogP contribution in [-0.4, -0.2) is 31.1 Å². The molecule has 0 unspecified atom stereocenters. The van der Waals surface area contributed by atoms with Gasteiger partial charge in [0, 0.05) is 11.6 Å². The van der Waals surface area contributed by atoms with Crippen LogP contribution in [0.15, 0.2) is 51.9 Å². The highest BCUT2D eigenvalue weighted by Crippen LogP contribution is 2.37. The lowest BCUT2D eigenvalue weighted by Crippen LogP contribution is -2.38. The van der Waals surface area contributed by atoms with Gasteiger partial charge in [0.2, 0.25) is 5.89 Å². The Hall–Kier alpha value is -3.47. The van der Waals surface area contributed by atoms with Crippen molar-refractivity contribution in [1.82, 2.24) is 10.1 Å². The number of hydrogen-bond donors (Lipinski definition) is 1. The van der Waals surface area contributed by atoms with E-state index in [9.17, 15) is 17.6 Å². The first-order valence-corrected chi connectivity index (χ1v) is 11.6. The molecule has 166 valence electrons.